The lowest BCUT2D eigenvalue weighted by atomic mass is 10.0. The van der Waals surface area contributed by atoms with E-state index in [0.29, 0.717) is 18.5 Å². The number of nitrogens with one attached hydrogen (secondary N) is 1. The van der Waals surface area contributed by atoms with E-state index < -0.39 is 0 Å². The van der Waals surface area contributed by atoms with Gasteiger partial charge >= 0.3 is 0 Å². The topological polar surface area (TPSA) is 32.3 Å². The maximum atomic E-state index is 8.69. The van der Waals surface area contributed by atoms with Crippen molar-refractivity contribution in [2.75, 3.05) is 13.2 Å². The quantitative estimate of drug-likeness (QED) is 0.570. The molecule has 2 heteroatoms. The molecule has 2 N–H and O–H groups in total. The smallest absolute Gasteiger partial charge is 0.0576 e. The van der Waals surface area contributed by atoms with Crippen LogP contribution in [-0.2, 0) is 0 Å². The molecule has 0 heterocycles. The zero-order valence-electron chi connectivity index (χ0n) is 7.30. The van der Waals surface area contributed by atoms with Crippen molar-refractivity contribution in [2.24, 2.45) is 5.92 Å². The van der Waals surface area contributed by atoms with E-state index in [9.17, 15) is 0 Å². The van der Waals surface area contributed by atoms with Crippen molar-refractivity contribution < 1.29 is 5.11 Å². The molecule has 0 saturated heterocycles. The van der Waals surface area contributed by atoms with Crippen molar-refractivity contribution in [1.29, 1.82) is 0 Å². The summed E-state index contributed by atoms with van der Waals surface area (Å²) in [7, 11) is 0. The van der Waals surface area contributed by atoms with Gasteiger partial charge in [0.05, 0.1) is 6.54 Å². The molecule has 0 rings (SSSR count). The Morgan fingerprint density at radius 2 is 2.18 bits per heavy atom. The molecule has 0 bridgehead atoms. The van der Waals surface area contributed by atoms with E-state index in [1.54, 1.807) is 0 Å². The summed E-state index contributed by atoms with van der Waals surface area (Å²) in [6, 6.07) is 0.344. The predicted molar refractivity (Wildman–Crippen MR) is 47.2 cm³/mol. The molecule has 0 aliphatic rings. The van der Waals surface area contributed by atoms with Crippen molar-refractivity contribution in [3.8, 4) is 12.3 Å². The SMILES string of the molecule is C#CCNC(CCO)C(C)C. The highest BCUT2D eigenvalue weighted by Crippen LogP contribution is 2.04. The molecule has 0 aliphatic heterocycles. The van der Waals surface area contributed by atoms with Crippen LogP contribution in [0.3, 0.4) is 0 Å². The average molecular weight is 155 g/mol. The molecule has 11 heavy (non-hydrogen) atoms. The Balaban J connectivity index is 3.62. The van der Waals surface area contributed by atoms with Gasteiger partial charge in [-0.05, 0) is 12.3 Å². The summed E-state index contributed by atoms with van der Waals surface area (Å²) >= 11 is 0. The number of hydrogen-bond donors (Lipinski definition) is 2. The minimum absolute atomic E-state index is 0.223. The summed E-state index contributed by atoms with van der Waals surface area (Å²) in [5, 5.41) is 11.9. The largest absolute Gasteiger partial charge is 0.396 e. The van der Waals surface area contributed by atoms with Crippen molar-refractivity contribution in [2.45, 2.75) is 26.3 Å². The minimum atomic E-state index is 0.223. The molecule has 0 aliphatic carbocycles. The summed E-state index contributed by atoms with van der Waals surface area (Å²) < 4.78 is 0. The molecule has 1 atom stereocenters. The van der Waals surface area contributed by atoms with Gasteiger partial charge in [-0.3, -0.25) is 0 Å². The van der Waals surface area contributed by atoms with Gasteiger partial charge in [0.25, 0.3) is 0 Å². The van der Waals surface area contributed by atoms with E-state index >= 15 is 0 Å². The van der Waals surface area contributed by atoms with Crippen LogP contribution in [0.5, 0.6) is 0 Å². The van der Waals surface area contributed by atoms with E-state index in [0.717, 1.165) is 6.42 Å². The number of aliphatic hydroxyl groups is 1. The van der Waals surface area contributed by atoms with Gasteiger partial charge in [0, 0.05) is 12.6 Å². The molecule has 64 valence electrons. The normalized spacial score (nSPS) is 13.0. The average Bonchev–Trinajstić information content (AvgIpc) is 1.97. The lowest BCUT2D eigenvalue weighted by molar-refractivity contribution is 0.247. The predicted octanol–water partition coefficient (Wildman–Crippen LogP) is 0.616. The zero-order valence-corrected chi connectivity index (χ0v) is 7.30. The Morgan fingerprint density at radius 1 is 1.55 bits per heavy atom. The van der Waals surface area contributed by atoms with E-state index in [4.69, 9.17) is 11.5 Å². The highest BCUT2D eigenvalue weighted by atomic mass is 16.3. The van der Waals surface area contributed by atoms with Crippen LogP contribution in [0.25, 0.3) is 0 Å². The Hall–Kier alpha value is -0.520. The molecular formula is C9H17NO. The van der Waals surface area contributed by atoms with Gasteiger partial charge in [0.1, 0.15) is 0 Å². The van der Waals surface area contributed by atoms with Gasteiger partial charge in [-0.2, -0.15) is 0 Å². The summed E-state index contributed by atoms with van der Waals surface area (Å²) in [6.07, 6.45) is 5.88. The third-order valence-electron chi connectivity index (χ3n) is 1.71. The summed E-state index contributed by atoms with van der Waals surface area (Å²) in [5.41, 5.74) is 0. The first kappa shape index (κ1) is 10.5. The third kappa shape index (κ3) is 4.83. The van der Waals surface area contributed by atoms with E-state index in [1.165, 1.54) is 0 Å². The Morgan fingerprint density at radius 3 is 2.55 bits per heavy atom. The number of rotatable bonds is 5. The van der Waals surface area contributed by atoms with E-state index in [1.807, 2.05) is 0 Å². The number of hydrogen-bond acceptors (Lipinski definition) is 2. The molecule has 0 radical (unpaired) electrons. The lowest BCUT2D eigenvalue weighted by Gasteiger charge is -2.19. The van der Waals surface area contributed by atoms with Crippen LogP contribution in [-0.4, -0.2) is 24.3 Å². The monoisotopic (exact) mass is 155 g/mol. The second-order valence-electron chi connectivity index (χ2n) is 2.95. The highest BCUT2D eigenvalue weighted by molar-refractivity contribution is 4.88. The van der Waals surface area contributed by atoms with Crippen LogP contribution in [0.15, 0.2) is 0 Å². The van der Waals surface area contributed by atoms with Gasteiger partial charge in [0.15, 0.2) is 0 Å². The summed E-state index contributed by atoms with van der Waals surface area (Å²) in [6.45, 7) is 5.04. The number of terminal acetylenes is 1. The highest BCUT2D eigenvalue weighted by Gasteiger charge is 2.10. The zero-order chi connectivity index (χ0) is 8.69. The van der Waals surface area contributed by atoms with Crippen LogP contribution in [0.1, 0.15) is 20.3 Å². The molecule has 2 nitrogen and oxygen atoms in total. The standard InChI is InChI=1S/C9H17NO/c1-4-6-10-9(5-7-11)8(2)3/h1,8-11H,5-7H2,2-3H3. The van der Waals surface area contributed by atoms with Gasteiger partial charge in [-0.1, -0.05) is 19.8 Å². The lowest BCUT2D eigenvalue weighted by Crippen LogP contribution is -2.34. The first-order valence-electron chi connectivity index (χ1n) is 4.00. The van der Waals surface area contributed by atoms with E-state index in [-0.39, 0.29) is 6.61 Å². The Kier molecular flexibility index (Phi) is 5.91. The maximum Gasteiger partial charge on any atom is 0.0576 e. The van der Waals surface area contributed by atoms with Gasteiger partial charge in [0.2, 0.25) is 0 Å². The van der Waals surface area contributed by atoms with Crippen LogP contribution >= 0.6 is 0 Å². The second-order valence-corrected chi connectivity index (χ2v) is 2.95. The third-order valence-corrected chi connectivity index (χ3v) is 1.71. The summed E-state index contributed by atoms with van der Waals surface area (Å²) in [5.74, 6) is 3.04. The van der Waals surface area contributed by atoms with Crippen molar-refractivity contribution in [3.05, 3.63) is 0 Å². The fourth-order valence-corrected chi connectivity index (χ4v) is 1.00. The molecule has 0 spiro atoms. The fraction of sp³-hybridized carbons (Fsp3) is 0.778. The van der Waals surface area contributed by atoms with E-state index in [2.05, 4.69) is 25.1 Å². The van der Waals surface area contributed by atoms with Crippen LogP contribution in [0.2, 0.25) is 0 Å². The minimum Gasteiger partial charge on any atom is -0.396 e. The van der Waals surface area contributed by atoms with Crippen LogP contribution in [0.4, 0.5) is 0 Å². The molecule has 0 aromatic rings. The van der Waals surface area contributed by atoms with Gasteiger partial charge < -0.3 is 10.4 Å². The summed E-state index contributed by atoms with van der Waals surface area (Å²) in [4.78, 5) is 0. The Labute approximate surface area is 69.0 Å². The molecule has 0 saturated carbocycles. The van der Waals surface area contributed by atoms with Crippen molar-refractivity contribution >= 4 is 0 Å². The maximum absolute atomic E-state index is 8.69. The second kappa shape index (κ2) is 6.21. The molecule has 1 unspecified atom stereocenters. The fourth-order valence-electron chi connectivity index (χ4n) is 1.00. The molecule has 0 aromatic heterocycles. The Bertz CT molecular complexity index is 126. The number of aliphatic hydroxyl groups excluding tert-OH is 1. The molecular weight excluding hydrogens is 138 g/mol. The molecule has 0 aromatic carbocycles. The van der Waals surface area contributed by atoms with Crippen molar-refractivity contribution in [3.63, 3.8) is 0 Å². The first-order chi connectivity index (χ1) is 5.22. The van der Waals surface area contributed by atoms with Crippen LogP contribution in [0, 0.1) is 18.3 Å². The molecule has 0 fully saturated rings. The van der Waals surface area contributed by atoms with Gasteiger partial charge in [-0.15, -0.1) is 6.42 Å². The van der Waals surface area contributed by atoms with Crippen molar-refractivity contribution in [1.82, 2.24) is 5.32 Å². The first-order valence-corrected chi connectivity index (χ1v) is 4.00. The molecule has 0 amide bonds. The van der Waals surface area contributed by atoms with Gasteiger partial charge in [-0.25, -0.2) is 0 Å². The van der Waals surface area contributed by atoms with Crippen LogP contribution < -0.4 is 5.32 Å².